The molecule has 1 aliphatic rings. The van der Waals surface area contributed by atoms with Gasteiger partial charge in [-0.05, 0) is 44.7 Å². The molecule has 1 aliphatic heterocycles. The number of aromatic nitrogens is 2. The lowest BCUT2D eigenvalue weighted by atomic mass is 9.97. The fraction of sp³-hybridized carbons (Fsp3) is 0.500. The number of hydrogen-bond acceptors (Lipinski definition) is 4. The van der Waals surface area contributed by atoms with E-state index < -0.39 is 0 Å². The summed E-state index contributed by atoms with van der Waals surface area (Å²) >= 11 is 0. The van der Waals surface area contributed by atoms with Crippen molar-refractivity contribution in [3.8, 4) is 5.69 Å². The Morgan fingerprint density at radius 1 is 1.25 bits per heavy atom. The monoisotopic (exact) mass is 383 g/mol. The molecule has 0 radical (unpaired) electrons. The van der Waals surface area contributed by atoms with E-state index in [1.165, 1.54) is 5.56 Å². The number of carbonyl (C=O) groups is 2. The maximum atomic E-state index is 13.3. The van der Waals surface area contributed by atoms with Crippen molar-refractivity contribution < 1.29 is 14.3 Å². The number of amides is 1. The standard InChI is InChI=1S/C22H29N3O3/c1-5-28-22(27)17-7-6-12-24(14-17)21(26)19-13-23-25(20(19)15(2)3)18-10-8-16(4)9-11-18/h8-11,13,15,17H,5-7,12,14H2,1-4H3/t17-/m0/s1. The number of hydrogen-bond donors (Lipinski definition) is 0. The molecular weight excluding hydrogens is 354 g/mol. The van der Waals surface area contributed by atoms with E-state index in [0.717, 1.165) is 24.2 Å². The lowest BCUT2D eigenvalue weighted by molar-refractivity contribution is -0.149. The summed E-state index contributed by atoms with van der Waals surface area (Å²) in [5, 5.41) is 4.51. The van der Waals surface area contributed by atoms with Crippen molar-refractivity contribution in [2.24, 2.45) is 5.92 Å². The molecule has 0 N–H and O–H groups in total. The highest BCUT2D eigenvalue weighted by atomic mass is 16.5. The van der Waals surface area contributed by atoms with Crippen molar-refractivity contribution in [1.29, 1.82) is 0 Å². The molecule has 3 rings (SSSR count). The molecule has 6 nitrogen and oxygen atoms in total. The highest BCUT2D eigenvalue weighted by Gasteiger charge is 2.32. The molecule has 150 valence electrons. The summed E-state index contributed by atoms with van der Waals surface area (Å²) in [5.74, 6) is -0.379. The largest absolute Gasteiger partial charge is 0.466 e. The maximum absolute atomic E-state index is 13.3. The number of ether oxygens (including phenoxy) is 1. The molecule has 0 spiro atoms. The third-order valence-corrected chi connectivity index (χ3v) is 5.19. The number of aryl methyl sites for hydroxylation is 1. The van der Waals surface area contributed by atoms with Gasteiger partial charge in [0.15, 0.2) is 0 Å². The van der Waals surface area contributed by atoms with Crippen LogP contribution in [0.2, 0.25) is 0 Å². The molecule has 2 heterocycles. The molecular formula is C22H29N3O3. The molecule has 1 fully saturated rings. The van der Waals surface area contributed by atoms with Crippen molar-refractivity contribution in [3.05, 3.63) is 47.3 Å². The fourth-order valence-electron chi connectivity index (χ4n) is 3.75. The van der Waals surface area contributed by atoms with E-state index in [1.807, 2.05) is 35.9 Å². The number of rotatable bonds is 5. The van der Waals surface area contributed by atoms with Crippen LogP contribution in [0.1, 0.15) is 61.1 Å². The van der Waals surface area contributed by atoms with Crippen molar-refractivity contribution in [3.63, 3.8) is 0 Å². The van der Waals surface area contributed by atoms with Gasteiger partial charge in [-0.2, -0.15) is 5.10 Å². The van der Waals surface area contributed by atoms with Gasteiger partial charge in [-0.3, -0.25) is 9.59 Å². The summed E-state index contributed by atoms with van der Waals surface area (Å²) < 4.78 is 7.01. The van der Waals surface area contributed by atoms with Crippen molar-refractivity contribution >= 4 is 11.9 Å². The minimum absolute atomic E-state index is 0.0592. The van der Waals surface area contributed by atoms with Crippen molar-refractivity contribution in [1.82, 2.24) is 14.7 Å². The number of carbonyl (C=O) groups excluding carboxylic acids is 2. The third-order valence-electron chi connectivity index (χ3n) is 5.19. The Kier molecular flexibility index (Phi) is 6.17. The number of benzene rings is 1. The molecule has 0 aliphatic carbocycles. The highest BCUT2D eigenvalue weighted by Crippen LogP contribution is 2.26. The molecule has 1 aromatic heterocycles. The molecule has 28 heavy (non-hydrogen) atoms. The van der Waals surface area contributed by atoms with Crippen LogP contribution in [0.3, 0.4) is 0 Å². The van der Waals surface area contributed by atoms with Crippen LogP contribution in [-0.4, -0.2) is 46.3 Å². The minimum atomic E-state index is -0.243. The Labute approximate surface area is 166 Å². The first-order valence-electron chi connectivity index (χ1n) is 10.0. The van der Waals surface area contributed by atoms with Crippen LogP contribution in [0.25, 0.3) is 5.69 Å². The zero-order valence-corrected chi connectivity index (χ0v) is 17.1. The molecule has 6 heteroatoms. The van der Waals surface area contributed by atoms with Crippen LogP contribution in [-0.2, 0) is 9.53 Å². The van der Waals surface area contributed by atoms with Crippen LogP contribution in [0.5, 0.6) is 0 Å². The second kappa shape index (κ2) is 8.59. The second-order valence-corrected chi connectivity index (χ2v) is 7.69. The van der Waals surface area contributed by atoms with Gasteiger partial charge in [-0.25, -0.2) is 4.68 Å². The molecule has 1 amide bonds. The van der Waals surface area contributed by atoms with Gasteiger partial charge in [0.05, 0.1) is 35.7 Å². The van der Waals surface area contributed by atoms with Gasteiger partial charge in [0.2, 0.25) is 0 Å². The first kappa shape index (κ1) is 20.1. The van der Waals surface area contributed by atoms with Gasteiger partial charge in [0, 0.05) is 13.1 Å². The number of likely N-dealkylation sites (tertiary alicyclic amines) is 1. The van der Waals surface area contributed by atoms with Crippen LogP contribution < -0.4 is 0 Å². The van der Waals surface area contributed by atoms with Crippen LogP contribution in [0.4, 0.5) is 0 Å². The van der Waals surface area contributed by atoms with Crippen molar-refractivity contribution in [2.75, 3.05) is 19.7 Å². The highest BCUT2D eigenvalue weighted by molar-refractivity contribution is 5.96. The average Bonchev–Trinajstić information content (AvgIpc) is 3.13. The van der Waals surface area contributed by atoms with Gasteiger partial charge in [-0.15, -0.1) is 0 Å². The predicted molar refractivity (Wildman–Crippen MR) is 108 cm³/mol. The van der Waals surface area contributed by atoms with Gasteiger partial charge in [0.1, 0.15) is 0 Å². The number of piperidine rings is 1. The zero-order valence-electron chi connectivity index (χ0n) is 17.1. The Bertz CT molecular complexity index is 839. The first-order chi connectivity index (χ1) is 13.4. The zero-order chi connectivity index (χ0) is 20.3. The maximum Gasteiger partial charge on any atom is 0.310 e. The van der Waals surface area contributed by atoms with Gasteiger partial charge >= 0.3 is 5.97 Å². The van der Waals surface area contributed by atoms with Crippen LogP contribution in [0, 0.1) is 12.8 Å². The number of nitrogens with zero attached hydrogens (tertiary/aromatic N) is 3. The van der Waals surface area contributed by atoms with E-state index in [2.05, 4.69) is 18.9 Å². The van der Waals surface area contributed by atoms with Crippen molar-refractivity contribution in [2.45, 2.75) is 46.5 Å². The second-order valence-electron chi connectivity index (χ2n) is 7.69. The summed E-state index contributed by atoms with van der Waals surface area (Å²) in [4.78, 5) is 27.2. The van der Waals surface area contributed by atoms with E-state index in [-0.39, 0.29) is 23.7 Å². The SMILES string of the molecule is CCOC(=O)[C@H]1CCCN(C(=O)c2cnn(-c3ccc(C)cc3)c2C(C)C)C1. The smallest absolute Gasteiger partial charge is 0.310 e. The minimum Gasteiger partial charge on any atom is -0.466 e. The summed E-state index contributed by atoms with van der Waals surface area (Å²) in [6.45, 7) is 9.41. The van der Waals surface area contributed by atoms with E-state index >= 15 is 0 Å². The lowest BCUT2D eigenvalue weighted by Gasteiger charge is -2.31. The topological polar surface area (TPSA) is 64.4 Å². The fourth-order valence-corrected chi connectivity index (χ4v) is 3.75. The van der Waals surface area contributed by atoms with Gasteiger partial charge < -0.3 is 9.64 Å². The Hall–Kier alpha value is -2.63. The number of esters is 1. The average molecular weight is 383 g/mol. The summed E-state index contributed by atoms with van der Waals surface area (Å²) in [6, 6.07) is 8.11. The molecule has 0 unspecified atom stereocenters. The molecule has 2 aromatic rings. The molecule has 1 saturated heterocycles. The summed E-state index contributed by atoms with van der Waals surface area (Å²) in [5.41, 5.74) is 3.63. The Balaban J connectivity index is 1.87. The van der Waals surface area contributed by atoms with Crippen LogP contribution in [0.15, 0.2) is 30.5 Å². The third kappa shape index (κ3) is 4.11. The summed E-state index contributed by atoms with van der Waals surface area (Å²) in [6.07, 6.45) is 3.23. The van der Waals surface area contributed by atoms with E-state index in [4.69, 9.17) is 4.74 Å². The molecule has 1 atom stereocenters. The Morgan fingerprint density at radius 2 is 1.96 bits per heavy atom. The normalized spacial score (nSPS) is 17.0. The quantitative estimate of drug-likeness (QED) is 0.738. The van der Waals surface area contributed by atoms with Gasteiger partial charge in [-0.1, -0.05) is 31.5 Å². The molecule has 0 bridgehead atoms. The van der Waals surface area contributed by atoms with E-state index in [0.29, 0.717) is 25.3 Å². The van der Waals surface area contributed by atoms with Gasteiger partial charge in [0.25, 0.3) is 5.91 Å². The van der Waals surface area contributed by atoms with Crippen LogP contribution >= 0.6 is 0 Å². The molecule has 1 aromatic carbocycles. The molecule has 0 saturated carbocycles. The van der Waals surface area contributed by atoms with E-state index in [9.17, 15) is 9.59 Å². The lowest BCUT2D eigenvalue weighted by Crippen LogP contribution is -2.43. The predicted octanol–water partition coefficient (Wildman–Crippen LogP) is 3.72. The van der Waals surface area contributed by atoms with E-state index in [1.54, 1.807) is 18.0 Å². The summed E-state index contributed by atoms with van der Waals surface area (Å²) in [7, 11) is 0. The Morgan fingerprint density at radius 3 is 2.61 bits per heavy atom. The first-order valence-corrected chi connectivity index (χ1v) is 10.0.